The second kappa shape index (κ2) is 16.5. The molecular formula is C26H42N2O8. The molecule has 1 aliphatic heterocycles. The Hall–Kier alpha value is -2.27. The second-order valence-corrected chi connectivity index (χ2v) is 9.45. The molecule has 0 radical (unpaired) electrons. The Labute approximate surface area is 213 Å². The van der Waals surface area contributed by atoms with Crippen molar-refractivity contribution in [1.29, 1.82) is 0 Å². The van der Waals surface area contributed by atoms with E-state index in [1.54, 1.807) is 0 Å². The summed E-state index contributed by atoms with van der Waals surface area (Å²) in [7, 11) is 0. The highest BCUT2D eigenvalue weighted by molar-refractivity contribution is 5.76. The molecule has 10 heteroatoms. The Bertz CT molecular complexity index is 776. The molecule has 1 saturated heterocycles. The van der Waals surface area contributed by atoms with Crippen molar-refractivity contribution in [3.05, 3.63) is 34.4 Å². The molecular weight excluding hydrogens is 468 g/mol. The SMILES string of the molecule is CCCCCCCCCCCCCC(=O)NC1C(Oc2ccc([N+](=O)[O-])cc2)OC(CO)C(O)C1O. The lowest BCUT2D eigenvalue weighted by molar-refractivity contribution is -0.384. The lowest BCUT2D eigenvalue weighted by Crippen LogP contribution is -2.65. The van der Waals surface area contributed by atoms with Crippen molar-refractivity contribution in [2.45, 2.75) is 115 Å². The number of amides is 1. The van der Waals surface area contributed by atoms with Gasteiger partial charge in [0.05, 0.1) is 11.5 Å². The average molecular weight is 511 g/mol. The normalized spacial score (nSPS) is 23.8. The van der Waals surface area contributed by atoms with Gasteiger partial charge >= 0.3 is 0 Å². The number of aliphatic hydroxyl groups is 3. The third kappa shape index (κ3) is 10.0. The number of carbonyl (C=O) groups is 1. The van der Waals surface area contributed by atoms with E-state index in [0.717, 1.165) is 19.3 Å². The highest BCUT2D eigenvalue weighted by atomic mass is 16.7. The number of nitro benzene ring substituents is 1. The van der Waals surface area contributed by atoms with Crippen LogP contribution in [0.25, 0.3) is 0 Å². The first kappa shape index (κ1) is 30.0. The standard InChI is InChI=1S/C26H42N2O8/c1-2-3-4-5-6-7-8-9-10-11-12-13-22(30)27-23-25(32)24(31)21(18-29)36-26(23)35-20-16-14-19(15-17-20)28(33)34/h14-17,21,23-26,29,31-32H,2-13,18H2,1H3,(H,27,30). The van der Waals surface area contributed by atoms with Crippen LogP contribution in [0.15, 0.2) is 24.3 Å². The van der Waals surface area contributed by atoms with Gasteiger partial charge in [0.25, 0.3) is 5.69 Å². The number of rotatable bonds is 17. The summed E-state index contributed by atoms with van der Waals surface area (Å²) in [4.78, 5) is 22.9. The number of nitrogens with zero attached hydrogens (tertiary/aromatic N) is 1. The van der Waals surface area contributed by atoms with Crippen molar-refractivity contribution in [3.63, 3.8) is 0 Å². The van der Waals surface area contributed by atoms with Crippen molar-refractivity contribution in [2.75, 3.05) is 6.61 Å². The molecule has 36 heavy (non-hydrogen) atoms. The summed E-state index contributed by atoms with van der Waals surface area (Å²) in [6, 6.07) is 4.17. The van der Waals surface area contributed by atoms with Gasteiger partial charge in [0, 0.05) is 18.6 Å². The zero-order valence-electron chi connectivity index (χ0n) is 21.2. The van der Waals surface area contributed by atoms with Crippen LogP contribution >= 0.6 is 0 Å². The minimum Gasteiger partial charge on any atom is -0.463 e. The van der Waals surface area contributed by atoms with Gasteiger partial charge in [0.2, 0.25) is 12.2 Å². The number of hydrogen-bond acceptors (Lipinski definition) is 8. The van der Waals surface area contributed by atoms with Gasteiger partial charge in [0.15, 0.2) is 0 Å². The van der Waals surface area contributed by atoms with Crippen molar-refractivity contribution in [3.8, 4) is 5.75 Å². The first-order valence-corrected chi connectivity index (χ1v) is 13.2. The summed E-state index contributed by atoms with van der Waals surface area (Å²) in [5.41, 5.74) is -0.118. The van der Waals surface area contributed by atoms with Gasteiger partial charge in [-0.2, -0.15) is 0 Å². The maximum Gasteiger partial charge on any atom is 0.269 e. The number of hydrogen-bond donors (Lipinski definition) is 4. The summed E-state index contributed by atoms with van der Waals surface area (Å²) in [6.45, 7) is 1.66. The van der Waals surface area contributed by atoms with E-state index in [0.29, 0.717) is 6.42 Å². The third-order valence-electron chi connectivity index (χ3n) is 6.52. The Morgan fingerprint density at radius 1 is 0.972 bits per heavy atom. The highest BCUT2D eigenvalue weighted by Gasteiger charge is 2.46. The van der Waals surface area contributed by atoms with Crippen LogP contribution < -0.4 is 10.1 Å². The topological polar surface area (TPSA) is 151 Å². The molecule has 1 heterocycles. The number of nitro groups is 1. The highest BCUT2D eigenvalue weighted by Crippen LogP contribution is 2.26. The van der Waals surface area contributed by atoms with Crippen LogP contribution in [0, 0.1) is 10.1 Å². The molecule has 5 unspecified atom stereocenters. The third-order valence-corrected chi connectivity index (χ3v) is 6.52. The quantitative estimate of drug-likeness (QED) is 0.141. The monoisotopic (exact) mass is 510 g/mol. The minimum atomic E-state index is -1.43. The van der Waals surface area contributed by atoms with Crippen LogP contribution in [0.3, 0.4) is 0 Å². The Morgan fingerprint density at radius 2 is 1.53 bits per heavy atom. The molecule has 1 aromatic carbocycles. The van der Waals surface area contributed by atoms with E-state index >= 15 is 0 Å². The van der Waals surface area contributed by atoms with E-state index in [1.807, 2.05) is 0 Å². The molecule has 10 nitrogen and oxygen atoms in total. The number of unbranched alkanes of at least 4 members (excludes halogenated alkanes) is 10. The van der Waals surface area contributed by atoms with E-state index in [2.05, 4.69) is 12.2 Å². The lowest BCUT2D eigenvalue weighted by Gasteiger charge is -2.42. The molecule has 4 N–H and O–H groups in total. The number of nitrogens with one attached hydrogen (secondary N) is 1. The van der Waals surface area contributed by atoms with Crippen LogP contribution in [0.2, 0.25) is 0 Å². The number of aliphatic hydroxyl groups excluding tert-OH is 3. The summed E-state index contributed by atoms with van der Waals surface area (Å²) < 4.78 is 11.3. The van der Waals surface area contributed by atoms with Crippen LogP contribution in [0.5, 0.6) is 5.75 Å². The predicted octanol–water partition coefficient (Wildman–Crippen LogP) is 3.60. The zero-order valence-corrected chi connectivity index (χ0v) is 21.2. The van der Waals surface area contributed by atoms with Crippen molar-refractivity contribution in [1.82, 2.24) is 5.32 Å². The predicted molar refractivity (Wildman–Crippen MR) is 134 cm³/mol. The molecule has 204 valence electrons. The molecule has 1 amide bonds. The minimum absolute atomic E-state index is 0.118. The molecule has 0 spiro atoms. The molecule has 5 atom stereocenters. The fourth-order valence-corrected chi connectivity index (χ4v) is 4.32. The molecule has 2 rings (SSSR count). The van der Waals surface area contributed by atoms with Gasteiger partial charge in [-0.25, -0.2) is 0 Å². The van der Waals surface area contributed by atoms with Crippen LogP contribution in [-0.2, 0) is 9.53 Å². The first-order chi connectivity index (χ1) is 17.4. The molecule has 0 saturated carbocycles. The van der Waals surface area contributed by atoms with E-state index in [-0.39, 0.29) is 23.8 Å². The van der Waals surface area contributed by atoms with Crippen LogP contribution in [-0.4, -0.2) is 63.4 Å². The first-order valence-electron chi connectivity index (χ1n) is 13.2. The maximum absolute atomic E-state index is 12.6. The number of carbonyl (C=O) groups excluding carboxylic acids is 1. The summed E-state index contributed by atoms with van der Waals surface area (Å²) in [6.07, 6.45) is 7.96. The van der Waals surface area contributed by atoms with Gasteiger partial charge in [-0.05, 0) is 18.6 Å². The fourth-order valence-electron chi connectivity index (χ4n) is 4.32. The zero-order chi connectivity index (χ0) is 26.3. The van der Waals surface area contributed by atoms with Crippen LogP contribution in [0.1, 0.15) is 84.0 Å². The van der Waals surface area contributed by atoms with E-state index < -0.39 is 42.2 Å². The van der Waals surface area contributed by atoms with Gasteiger partial charge in [-0.3, -0.25) is 14.9 Å². The summed E-state index contributed by atoms with van der Waals surface area (Å²) >= 11 is 0. The van der Waals surface area contributed by atoms with E-state index in [4.69, 9.17) is 9.47 Å². The molecule has 1 aromatic rings. The van der Waals surface area contributed by atoms with Crippen molar-refractivity contribution in [2.24, 2.45) is 0 Å². The second-order valence-electron chi connectivity index (χ2n) is 9.45. The Morgan fingerprint density at radius 3 is 2.06 bits per heavy atom. The van der Waals surface area contributed by atoms with Crippen LogP contribution in [0.4, 0.5) is 5.69 Å². The summed E-state index contributed by atoms with van der Waals surface area (Å²) in [5.74, 6) is -0.0824. The molecule has 0 aliphatic carbocycles. The lowest BCUT2D eigenvalue weighted by atomic mass is 9.96. The van der Waals surface area contributed by atoms with E-state index in [9.17, 15) is 30.2 Å². The van der Waals surface area contributed by atoms with Gasteiger partial charge in [-0.1, -0.05) is 71.1 Å². The fraction of sp³-hybridized carbons (Fsp3) is 0.731. The Kier molecular flexibility index (Phi) is 13.7. The number of non-ortho nitro benzene ring substituents is 1. The maximum atomic E-state index is 12.6. The van der Waals surface area contributed by atoms with Gasteiger partial charge in [-0.15, -0.1) is 0 Å². The average Bonchev–Trinajstić information content (AvgIpc) is 2.87. The van der Waals surface area contributed by atoms with Gasteiger partial charge < -0.3 is 30.1 Å². The molecule has 1 fully saturated rings. The smallest absolute Gasteiger partial charge is 0.269 e. The Balaban J connectivity index is 1.79. The van der Waals surface area contributed by atoms with E-state index in [1.165, 1.54) is 69.2 Å². The molecule has 1 aliphatic rings. The van der Waals surface area contributed by atoms with Gasteiger partial charge in [0.1, 0.15) is 30.1 Å². The number of ether oxygens (including phenoxy) is 2. The van der Waals surface area contributed by atoms with Crippen molar-refractivity contribution >= 4 is 11.6 Å². The van der Waals surface area contributed by atoms with Crippen molar-refractivity contribution < 1.29 is 34.5 Å². The summed E-state index contributed by atoms with van der Waals surface area (Å²) in [5, 5.41) is 43.9. The molecule has 0 aromatic heterocycles. The number of benzene rings is 1. The largest absolute Gasteiger partial charge is 0.463 e. The molecule has 0 bridgehead atoms.